The highest BCUT2D eigenvalue weighted by atomic mass is 32.2. The maximum Gasteiger partial charge on any atom is 0.256 e. The van der Waals surface area contributed by atoms with Crippen LogP contribution in [-0.2, 0) is 10.0 Å². The molecule has 3 rings (SSSR count). The molecule has 0 saturated carbocycles. The summed E-state index contributed by atoms with van der Waals surface area (Å²) < 4.78 is 26.7. The molecule has 0 bridgehead atoms. The highest BCUT2D eigenvalue weighted by molar-refractivity contribution is 7.89. The Bertz CT molecular complexity index is 1280. The zero-order valence-electron chi connectivity index (χ0n) is 17.8. The van der Waals surface area contributed by atoms with E-state index in [1.165, 1.54) is 13.1 Å². The third kappa shape index (κ3) is 4.73. The SMILES string of the molecule is CNS(=O)(=O)c1cc(NC(=O)c2ccccc2C(=O)c2ccc(C)c(C)c2)ccc1C. The minimum atomic E-state index is -3.67. The molecule has 3 aromatic rings. The van der Waals surface area contributed by atoms with Crippen molar-refractivity contribution >= 4 is 27.4 Å². The van der Waals surface area contributed by atoms with Gasteiger partial charge in [-0.2, -0.15) is 0 Å². The summed E-state index contributed by atoms with van der Waals surface area (Å²) in [5.41, 5.74) is 3.93. The molecule has 3 aromatic carbocycles. The number of benzene rings is 3. The molecule has 2 N–H and O–H groups in total. The van der Waals surface area contributed by atoms with E-state index in [1.54, 1.807) is 55.5 Å². The minimum absolute atomic E-state index is 0.0762. The Labute approximate surface area is 182 Å². The zero-order chi connectivity index (χ0) is 22.8. The number of aryl methyl sites for hydroxylation is 3. The number of hydrogen-bond acceptors (Lipinski definition) is 4. The molecule has 0 aliphatic heterocycles. The molecule has 0 spiro atoms. The van der Waals surface area contributed by atoms with Crippen molar-refractivity contribution < 1.29 is 18.0 Å². The smallest absolute Gasteiger partial charge is 0.256 e. The van der Waals surface area contributed by atoms with Crippen molar-refractivity contribution in [3.05, 3.63) is 94.0 Å². The first-order valence-corrected chi connectivity index (χ1v) is 11.2. The summed E-state index contributed by atoms with van der Waals surface area (Å²) in [5, 5.41) is 2.71. The van der Waals surface area contributed by atoms with Gasteiger partial charge in [-0.05, 0) is 68.8 Å². The van der Waals surface area contributed by atoms with Crippen LogP contribution in [0.3, 0.4) is 0 Å². The van der Waals surface area contributed by atoms with Gasteiger partial charge in [-0.1, -0.05) is 36.4 Å². The fourth-order valence-corrected chi connectivity index (χ4v) is 4.19. The molecule has 0 aromatic heterocycles. The molecule has 0 atom stereocenters. The van der Waals surface area contributed by atoms with E-state index in [-0.39, 0.29) is 21.8 Å². The normalized spacial score (nSPS) is 11.2. The van der Waals surface area contributed by atoms with Crippen LogP contribution < -0.4 is 10.0 Å². The van der Waals surface area contributed by atoms with Gasteiger partial charge in [-0.15, -0.1) is 0 Å². The number of carbonyl (C=O) groups excluding carboxylic acids is 2. The fraction of sp³-hybridized carbons (Fsp3) is 0.167. The zero-order valence-corrected chi connectivity index (χ0v) is 18.6. The molecule has 0 heterocycles. The Kier molecular flexibility index (Phi) is 6.38. The quantitative estimate of drug-likeness (QED) is 0.571. The van der Waals surface area contributed by atoms with Crippen LogP contribution in [0.4, 0.5) is 5.69 Å². The molecule has 0 saturated heterocycles. The van der Waals surface area contributed by atoms with E-state index in [9.17, 15) is 18.0 Å². The Balaban J connectivity index is 1.95. The monoisotopic (exact) mass is 436 g/mol. The van der Waals surface area contributed by atoms with E-state index in [0.717, 1.165) is 11.1 Å². The van der Waals surface area contributed by atoms with Gasteiger partial charge in [-0.25, -0.2) is 13.1 Å². The van der Waals surface area contributed by atoms with Crippen LogP contribution in [0.15, 0.2) is 65.6 Å². The lowest BCUT2D eigenvalue weighted by Gasteiger charge is -2.12. The third-order valence-electron chi connectivity index (χ3n) is 5.19. The van der Waals surface area contributed by atoms with Crippen LogP contribution in [0.1, 0.15) is 43.0 Å². The van der Waals surface area contributed by atoms with E-state index in [1.807, 2.05) is 19.9 Å². The molecule has 1 amide bonds. The molecular formula is C24H24N2O4S. The minimum Gasteiger partial charge on any atom is -0.322 e. The number of carbonyl (C=O) groups is 2. The second-order valence-corrected chi connectivity index (χ2v) is 9.17. The second-order valence-electron chi connectivity index (χ2n) is 7.32. The van der Waals surface area contributed by atoms with E-state index < -0.39 is 15.9 Å². The first-order valence-electron chi connectivity index (χ1n) is 9.70. The standard InChI is InChI=1S/C24H24N2O4S/c1-15-9-11-18(13-17(15)3)23(27)20-7-5-6-8-21(20)24(28)26-19-12-10-16(2)22(14-19)31(29,30)25-4/h5-14,25H,1-4H3,(H,26,28). The van der Waals surface area contributed by atoms with Crippen molar-refractivity contribution in [1.82, 2.24) is 4.72 Å². The third-order valence-corrected chi connectivity index (χ3v) is 6.75. The Morgan fingerprint density at radius 3 is 2.06 bits per heavy atom. The molecule has 0 aliphatic carbocycles. The van der Waals surface area contributed by atoms with Gasteiger partial charge >= 0.3 is 0 Å². The van der Waals surface area contributed by atoms with E-state index >= 15 is 0 Å². The number of amides is 1. The molecule has 6 nitrogen and oxygen atoms in total. The van der Waals surface area contributed by atoms with Gasteiger partial charge in [0, 0.05) is 16.8 Å². The van der Waals surface area contributed by atoms with Crippen LogP contribution in [0.5, 0.6) is 0 Å². The maximum atomic E-state index is 13.1. The molecule has 160 valence electrons. The largest absolute Gasteiger partial charge is 0.322 e. The number of anilines is 1. The first-order chi connectivity index (χ1) is 14.6. The van der Waals surface area contributed by atoms with Crippen LogP contribution >= 0.6 is 0 Å². The average molecular weight is 437 g/mol. The van der Waals surface area contributed by atoms with Crippen molar-refractivity contribution in [2.45, 2.75) is 25.7 Å². The molecular weight excluding hydrogens is 412 g/mol. The van der Waals surface area contributed by atoms with Crippen molar-refractivity contribution in [2.24, 2.45) is 0 Å². The highest BCUT2D eigenvalue weighted by Gasteiger charge is 2.20. The number of rotatable bonds is 6. The number of ketones is 1. The van der Waals surface area contributed by atoms with Crippen molar-refractivity contribution in [1.29, 1.82) is 0 Å². The average Bonchev–Trinajstić information content (AvgIpc) is 2.76. The molecule has 0 fully saturated rings. The lowest BCUT2D eigenvalue weighted by molar-refractivity contribution is 0.0996. The summed E-state index contributed by atoms with van der Waals surface area (Å²) in [6.45, 7) is 5.57. The first kappa shape index (κ1) is 22.4. The summed E-state index contributed by atoms with van der Waals surface area (Å²) in [4.78, 5) is 26.1. The summed E-state index contributed by atoms with van der Waals surface area (Å²) in [5.74, 6) is -0.749. The van der Waals surface area contributed by atoms with Gasteiger partial charge in [-0.3, -0.25) is 9.59 Å². The van der Waals surface area contributed by atoms with Gasteiger partial charge in [0.15, 0.2) is 5.78 Å². The molecule has 0 radical (unpaired) electrons. The summed E-state index contributed by atoms with van der Waals surface area (Å²) >= 11 is 0. The van der Waals surface area contributed by atoms with Gasteiger partial charge in [0.05, 0.1) is 10.5 Å². The lowest BCUT2D eigenvalue weighted by atomic mass is 9.95. The van der Waals surface area contributed by atoms with Gasteiger partial charge in [0.2, 0.25) is 10.0 Å². The van der Waals surface area contributed by atoms with E-state index in [0.29, 0.717) is 16.8 Å². The van der Waals surface area contributed by atoms with E-state index in [4.69, 9.17) is 0 Å². The van der Waals surface area contributed by atoms with Gasteiger partial charge in [0.25, 0.3) is 5.91 Å². The van der Waals surface area contributed by atoms with Crippen molar-refractivity contribution in [2.75, 3.05) is 12.4 Å². The van der Waals surface area contributed by atoms with Crippen LogP contribution in [0.2, 0.25) is 0 Å². The highest BCUT2D eigenvalue weighted by Crippen LogP contribution is 2.22. The van der Waals surface area contributed by atoms with Gasteiger partial charge in [0.1, 0.15) is 0 Å². The number of hydrogen-bond donors (Lipinski definition) is 2. The lowest BCUT2D eigenvalue weighted by Crippen LogP contribution is -2.21. The van der Waals surface area contributed by atoms with Gasteiger partial charge < -0.3 is 5.32 Å². The Morgan fingerprint density at radius 1 is 0.774 bits per heavy atom. The predicted molar refractivity (Wildman–Crippen MR) is 121 cm³/mol. The van der Waals surface area contributed by atoms with Crippen LogP contribution in [0, 0.1) is 20.8 Å². The topological polar surface area (TPSA) is 92.3 Å². The maximum absolute atomic E-state index is 13.1. The van der Waals surface area contributed by atoms with Crippen molar-refractivity contribution in [3.63, 3.8) is 0 Å². The Hall–Kier alpha value is -3.29. The molecule has 7 heteroatoms. The summed E-state index contributed by atoms with van der Waals surface area (Å²) in [6, 6.07) is 16.6. The molecule has 0 unspecified atom stereocenters. The number of sulfonamides is 1. The van der Waals surface area contributed by atoms with E-state index in [2.05, 4.69) is 10.0 Å². The fourth-order valence-electron chi connectivity index (χ4n) is 3.19. The van der Waals surface area contributed by atoms with Crippen molar-refractivity contribution in [3.8, 4) is 0 Å². The second kappa shape index (κ2) is 8.83. The summed E-state index contributed by atoms with van der Waals surface area (Å²) in [7, 11) is -2.34. The van der Waals surface area contributed by atoms with Crippen LogP contribution in [-0.4, -0.2) is 27.2 Å². The summed E-state index contributed by atoms with van der Waals surface area (Å²) in [6.07, 6.45) is 0. The Morgan fingerprint density at radius 2 is 1.42 bits per heavy atom. The molecule has 31 heavy (non-hydrogen) atoms. The number of nitrogens with one attached hydrogen (secondary N) is 2. The molecule has 0 aliphatic rings. The van der Waals surface area contributed by atoms with Crippen LogP contribution in [0.25, 0.3) is 0 Å². The predicted octanol–water partition coefficient (Wildman–Crippen LogP) is 4.00.